The van der Waals surface area contributed by atoms with Gasteiger partial charge in [-0.15, -0.1) is 0 Å². The lowest BCUT2D eigenvalue weighted by atomic mass is 9.96. The van der Waals surface area contributed by atoms with Gasteiger partial charge in [0, 0.05) is 12.6 Å². The number of ether oxygens (including phenoxy) is 1. The van der Waals surface area contributed by atoms with Crippen LogP contribution in [-0.4, -0.2) is 43.3 Å². The summed E-state index contributed by atoms with van der Waals surface area (Å²) in [5.74, 6) is 0. The van der Waals surface area contributed by atoms with Crippen molar-refractivity contribution in [2.24, 2.45) is 0 Å². The molecule has 0 aromatic heterocycles. The Bertz CT molecular complexity index is 250. The van der Waals surface area contributed by atoms with E-state index in [0.717, 1.165) is 25.9 Å². The summed E-state index contributed by atoms with van der Waals surface area (Å²) in [6.07, 6.45) is 8.76. The Morgan fingerprint density at radius 1 is 1.24 bits per heavy atom. The number of nitrogens with zero attached hydrogens (tertiary/aromatic N) is 1. The van der Waals surface area contributed by atoms with E-state index in [1.807, 2.05) is 11.9 Å². The van der Waals surface area contributed by atoms with Gasteiger partial charge in [0.25, 0.3) is 0 Å². The minimum atomic E-state index is -0.101. The molecule has 1 heterocycles. The van der Waals surface area contributed by atoms with E-state index in [4.69, 9.17) is 4.74 Å². The minimum Gasteiger partial charge on any atom is -0.443 e. The fourth-order valence-corrected chi connectivity index (χ4v) is 2.92. The molecule has 4 nitrogen and oxygen atoms in total. The molecule has 17 heavy (non-hydrogen) atoms. The molecule has 0 radical (unpaired) electrons. The van der Waals surface area contributed by atoms with Crippen LogP contribution in [0.15, 0.2) is 0 Å². The highest BCUT2D eigenvalue weighted by Crippen LogP contribution is 2.25. The number of carbonyl (C=O) groups is 1. The fourth-order valence-electron chi connectivity index (χ4n) is 2.92. The van der Waals surface area contributed by atoms with Crippen molar-refractivity contribution in [3.63, 3.8) is 0 Å². The molecule has 2 fully saturated rings. The normalized spacial score (nSPS) is 27.7. The average molecular weight is 240 g/mol. The number of rotatable bonds is 3. The van der Waals surface area contributed by atoms with Gasteiger partial charge in [0.05, 0.1) is 6.54 Å². The summed E-state index contributed by atoms with van der Waals surface area (Å²) in [6, 6.07) is 0.421. The lowest BCUT2D eigenvalue weighted by Crippen LogP contribution is -2.37. The molecule has 1 atom stereocenters. The van der Waals surface area contributed by atoms with Crippen LogP contribution in [-0.2, 0) is 4.74 Å². The Morgan fingerprint density at radius 3 is 2.53 bits per heavy atom. The van der Waals surface area contributed by atoms with Crippen LogP contribution in [0.2, 0.25) is 0 Å². The predicted molar refractivity (Wildman–Crippen MR) is 67.0 cm³/mol. The lowest BCUT2D eigenvalue weighted by molar-refractivity contribution is 0.125. The van der Waals surface area contributed by atoms with Crippen LogP contribution in [0.1, 0.15) is 44.9 Å². The first-order valence-corrected chi connectivity index (χ1v) is 6.93. The van der Waals surface area contributed by atoms with E-state index in [2.05, 4.69) is 5.32 Å². The largest absolute Gasteiger partial charge is 0.443 e. The first-order valence-electron chi connectivity index (χ1n) is 6.93. The molecule has 0 aromatic rings. The third-order valence-electron chi connectivity index (χ3n) is 3.85. The Labute approximate surface area is 104 Å². The van der Waals surface area contributed by atoms with Gasteiger partial charge in [-0.3, -0.25) is 0 Å². The van der Waals surface area contributed by atoms with Crippen LogP contribution in [0.25, 0.3) is 0 Å². The first kappa shape index (κ1) is 12.7. The van der Waals surface area contributed by atoms with Crippen molar-refractivity contribution < 1.29 is 9.53 Å². The number of hydrogen-bond donors (Lipinski definition) is 1. The van der Waals surface area contributed by atoms with Gasteiger partial charge in [-0.05, 0) is 19.9 Å². The number of carbonyl (C=O) groups excluding carboxylic acids is 1. The van der Waals surface area contributed by atoms with Crippen molar-refractivity contribution in [3.8, 4) is 0 Å². The summed E-state index contributed by atoms with van der Waals surface area (Å²) < 4.78 is 5.36. The number of hydrogen-bond acceptors (Lipinski definition) is 3. The minimum absolute atomic E-state index is 0.0398. The van der Waals surface area contributed by atoms with Crippen LogP contribution in [0.4, 0.5) is 4.79 Å². The third-order valence-corrected chi connectivity index (χ3v) is 3.85. The molecule has 2 rings (SSSR count). The zero-order valence-electron chi connectivity index (χ0n) is 10.8. The van der Waals surface area contributed by atoms with Crippen LogP contribution in [0, 0.1) is 0 Å². The molecular weight excluding hydrogens is 216 g/mol. The molecule has 1 N–H and O–H groups in total. The quantitative estimate of drug-likeness (QED) is 0.821. The van der Waals surface area contributed by atoms with Crippen LogP contribution < -0.4 is 5.32 Å². The fraction of sp³-hybridized carbons (Fsp3) is 0.923. The summed E-state index contributed by atoms with van der Waals surface area (Å²) in [7, 11) is 1.90. The molecule has 98 valence electrons. The molecule has 0 spiro atoms. The van der Waals surface area contributed by atoms with Crippen molar-refractivity contribution in [3.05, 3.63) is 0 Å². The highest BCUT2D eigenvalue weighted by atomic mass is 16.6. The first-order chi connectivity index (χ1) is 8.31. The summed E-state index contributed by atoms with van der Waals surface area (Å²) >= 11 is 0. The van der Waals surface area contributed by atoms with Gasteiger partial charge >= 0.3 is 6.09 Å². The standard InChI is InChI=1S/C13H24N2O2/c1-14-9-12-10-15(13(16)17-12)11-7-5-3-2-4-6-8-11/h11-12,14H,2-10H2,1H3/t12-/m1/s1. The van der Waals surface area contributed by atoms with Crippen molar-refractivity contribution in [2.75, 3.05) is 20.1 Å². The van der Waals surface area contributed by atoms with Gasteiger partial charge in [-0.2, -0.15) is 0 Å². The zero-order chi connectivity index (χ0) is 12.1. The average Bonchev–Trinajstić information content (AvgIpc) is 2.60. The lowest BCUT2D eigenvalue weighted by Gasteiger charge is -2.27. The number of cyclic esters (lactones) is 1. The van der Waals surface area contributed by atoms with E-state index in [1.54, 1.807) is 0 Å². The smallest absolute Gasteiger partial charge is 0.410 e. The predicted octanol–water partition coefficient (Wildman–Crippen LogP) is 2.14. The Balaban J connectivity index is 1.89. The molecule has 2 aliphatic rings. The summed E-state index contributed by atoms with van der Waals surface area (Å²) in [5.41, 5.74) is 0. The maximum absolute atomic E-state index is 11.8. The van der Waals surface area contributed by atoms with E-state index in [0.29, 0.717) is 6.04 Å². The summed E-state index contributed by atoms with van der Waals surface area (Å²) in [5, 5.41) is 3.07. The molecule has 4 heteroatoms. The van der Waals surface area contributed by atoms with Gasteiger partial charge in [0.2, 0.25) is 0 Å². The Hall–Kier alpha value is -0.770. The van der Waals surface area contributed by atoms with E-state index >= 15 is 0 Å². The maximum atomic E-state index is 11.8. The molecular formula is C13H24N2O2. The van der Waals surface area contributed by atoms with Crippen LogP contribution >= 0.6 is 0 Å². The maximum Gasteiger partial charge on any atom is 0.410 e. The van der Waals surface area contributed by atoms with Crippen molar-refractivity contribution in [2.45, 2.75) is 57.1 Å². The van der Waals surface area contributed by atoms with Gasteiger partial charge in [-0.1, -0.05) is 32.1 Å². The number of likely N-dealkylation sites (N-methyl/N-ethyl adjacent to an activating group) is 1. The molecule has 1 aliphatic heterocycles. The monoisotopic (exact) mass is 240 g/mol. The molecule has 0 bridgehead atoms. The molecule has 1 saturated carbocycles. The second-order valence-corrected chi connectivity index (χ2v) is 5.21. The number of amides is 1. The zero-order valence-corrected chi connectivity index (χ0v) is 10.8. The molecule has 1 aliphatic carbocycles. The number of nitrogens with one attached hydrogen (secondary N) is 1. The summed E-state index contributed by atoms with van der Waals surface area (Å²) in [6.45, 7) is 1.53. The second kappa shape index (κ2) is 6.24. The highest BCUT2D eigenvalue weighted by Gasteiger charge is 2.35. The van der Waals surface area contributed by atoms with E-state index in [1.165, 1.54) is 32.1 Å². The molecule has 1 amide bonds. The van der Waals surface area contributed by atoms with Gasteiger partial charge in [-0.25, -0.2) is 4.79 Å². The molecule has 0 aromatic carbocycles. The molecule has 1 saturated heterocycles. The van der Waals surface area contributed by atoms with E-state index in [-0.39, 0.29) is 12.2 Å². The highest BCUT2D eigenvalue weighted by molar-refractivity contribution is 5.70. The van der Waals surface area contributed by atoms with Crippen molar-refractivity contribution in [1.82, 2.24) is 10.2 Å². The Morgan fingerprint density at radius 2 is 1.88 bits per heavy atom. The van der Waals surface area contributed by atoms with Crippen LogP contribution in [0.5, 0.6) is 0 Å². The van der Waals surface area contributed by atoms with Gasteiger partial charge in [0.1, 0.15) is 6.10 Å². The third kappa shape index (κ3) is 3.35. The SMILES string of the molecule is CNC[C@@H]1CN(C2CCCCCCC2)C(=O)O1. The topological polar surface area (TPSA) is 41.6 Å². The van der Waals surface area contributed by atoms with Crippen molar-refractivity contribution >= 4 is 6.09 Å². The second-order valence-electron chi connectivity index (χ2n) is 5.21. The van der Waals surface area contributed by atoms with Crippen LogP contribution in [0.3, 0.4) is 0 Å². The Kier molecular flexibility index (Phi) is 4.66. The summed E-state index contributed by atoms with van der Waals surface area (Å²) in [4.78, 5) is 13.8. The van der Waals surface area contributed by atoms with Gasteiger partial charge < -0.3 is 15.0 Å². The molecule has 0 unspecified atom stereocenters. The van der Waals surface area contributed by atoms with E-state index in [9.17, 15) is 4.79 Å². The van der Waals surface area contributed by atoms with Crippen molar-refractivity contribution in [1.29, 1.82) is 0 Å². The van der Waals surface area contributed by atoms with Gasteiger partial charge in [0.15, 0.2) is 0 Å². The van der Waals surface area contributed by atoms with E-state index < -0.39 is 0 Å².